The number of carbonyl (C=O) groups excluding carboxylic acids is 2. The van der Waals surface area contributed by atoms with Crippen molar-refractivity contribution >= 4 is 29.3 Å². The van der Waals surface area contributed by atoms with E-state index in [4.69, 9.17) is 0 Å². The van der Waals surface area contributed by atoms with Gasteiger partial charge in [-0.3, -0.25) is 14.2 Å². The van der Waals surface area contributed by atoms with Crippen LogP contribution in [0.15, 0.2) is 96.4 Å². The first-order chi connectivity index (χ1) is 16.1. The van der Waals surface area contributed by atoms with E-state index in [1.807, 2.05) is 90.5 Å². The standard InChI is InChI=1S/C26H24N4O2S/c1-19-10-12-22(13-11-19)29-24(31)18-33-26-27-14-15-30(26)23-9-5-8-21(16-23)25(32)28-17-20-6-3-2-4-7-20/h2-16H,17-18H2,1H3,(H,28,32)(H,29,31). The minimum absolute atomic E-state index is 0.104. The Labute approximate surface area is 197 Å². The monoisotopic (exact) mass is 456 g/mol. The molecule has 0 spiro atoms. The van der Waals surface area contributed by atoms with Crippen molar-refractivity contribution < 1.29 is 9.59 Å². The number of anilines is 1. The zero-order chi connectivity index (χ0) is 23.0. The molecule has 0 saturated heterocycles. The second kappa shape index (κ2) is 10.7. The quantitative estimate of drug-likeness (QED) is 0.372. The average Bonchev–Trinajstić information content (AvgIpc) is 3.32. The highest BCUT2D eigenvalue weighted by Crippen LogP contribution is 2.22. The maximum absolute atomic E-state index is 12.6. The van der Waals surface area contributed by atoms with Crippen LogP contribution in [0.25, 0.3) is 5.69 Å². The van der Waals surface area contributed by atoms with Gasteiger partial charge in [-0.1, -0.05) is 65.9 Å². The molecule has 4 rings (SSSR count). The predicted molar refractivity (Wildman–Crippen MR) is 132 cm³/mol. The molecule has 0 radical (unpaired) electrons. The van der Waals surface area contributed by atoms with E-state index in [1.165, 1.54) is 11.8 Å². The van der Waals surface area contributed by atoms with Crippen LogP contribution in [-0.4, -0.2) is 27.1 Å². The van der Waals surface area contributed by atoms with Crippen LogP contribution in [0.2, 0.25) is 0 Å². The van der Waals surface area contributed by atoms with Gasteiger partial charge in [0.15, 0.2) is 5.16 Å². The van der Waals surface area contributed by atoms with Gasteiger partial charge in [-0.05, 0) is 42.8 Å². The number of carbonyl (C=O) groups is 2. The summed E-state index contributed by atoms with van der Waals surface area (Å²) in [7, 11) is 0. The maximum Gasteiger partial charge on any atom is 0.251 e. The smallest absolute Gasteiger partial charge is 0.251 e. The number of aryl methyl sites for hydroxylation is 1. The molecule has 33 heavy (non-hydrogen) atoms. The highest BCUT2D eigenvalue weighted by atomic mass is 32.2. The fraction of sp³-hybridized carbons (Fsp3) is 0.115. The average molecular weight is 457 g/mol. The fourth-order valence-electron chi connectivity index (χ4n) is 3.23. The summed E-state index contributed by atoms with van der Waals surface area (Å²) in [5.74, 6) is -0.0257. The molecule has 0 saturated carbocycles. The van der Waals surface area contributed by atoms with E-state index < -0.39 is 0 Å². The summed E-state index contributed by atoms with van der Waals surface area (Å²) in [4.78, 5) is 29.4. The van der Waals surface area contributed by atoms with Crippen LogP contribution in [0.4, 0.5) is 5.69 Å². The van der Waals surface area contributed by atoms with E-state index in [0.717, 1.165) is 22.5 Å². The molecule has 3 aromatic carbocycles. The summed E-state index contributed by atoms with van der Waals surface area (Å²) < 4.78 is 1.87. The summed E-state index contributed by atoms with van der Waals surface area (Å²) in [6.07, 6.45) is 3.50. The number of nitrogens with zero attached hydrogens (tertiary/aromatic N) is 2. The van der Waals surface area contributed by atoms with E-state index in [9.17, 15) is 9.59 Å². The number of thioether (sulfide) groups is 1. The number of nitrogens with one attached hydrogen (secondary N) is 2. The summed E-state index contributed by atoms with van der Waals surface area (Å²) in [6.45, 7) is 2.47. The van der Waals surface area contributed by atoms with Crippen LogP contribution in [0.3, 0.4) is 0 Å². The zero-order valence-electron chi connectivity index (χ0n) is 18.2. The van der Waals surface area contributed by atoms with Crippen LogP contribution in [0, 0.1) is 6.92 Å². The van der Waals surface area contributed by atoms with E-state index in [-0.39, 0.29) is 17.6 Å². The third-order valence-electron chi connectivity index (χ3n) is 4.96. The number of amides is 2. The van der Waals surface area contributed by atoms with Crippen molar-refractivity contribution in [3.8, 4) is 5.69 Å². The molecule has 2 amide bonds. The Kier molecular flexibility index (Phi) is 7.22. The van der Waals surface area contributed by atoms with Crippen LogP contribution in [0.1, 0.15) is 21.5 Å². The topological polar surface area (TPSA) is 76.0 Å². The molecule has 4 aromatic rings. The van der Waals surface area contributed by atoms with E-state index in [0.29, 0.717) is 17.3 Å². The van der Waals surface area contributed by atoms with Gasteiger partial charge in [0.05, 0.1) is 5.75 Å². The fourth-order valence-corrected chi connectivity index (χ4v) is 4.01. The Morgan fingerprint density at radius 1 is 0.970 bits per heavy atom. The minimum atomic E-state index is -0.146. The molecule has 0 unspecified atom stereocenters. The molecular formula is C26H24N4O2S. The lowest BCUT2D eigenvalue weighted by Crippen LogP contribution is -2.22. The second-order valence-corrected chi connectivity index (χ2v) is 8.44. The zero-order valence-corrected chi connectivity index (χ0v) is 19.0. The number of hydrogen-bond acceptors (Lipinski definition) is 4. The molecule has 7 heteroatoms. The Morgan fingerprint density at radius 3 is 2.55 bits per heavy atom. The van der Waals surface area contributed by atoms with Crippen molar-refractivity contribution in [2.45, 2.75) is 18.6 Å². The Morgan fingerprint density at radius 2 is 1.76 bits per heavy atom. The van der Waals surface area contributed by atoms with Crippen molar-refractivity contribution in [1.29, 1.82) is 0 Å². The second-order valence-electron chi connectivity index (χ2n) is 7.50. The highest BCUT2D eigenvalue weighted by Gasteiger charge is 2.12. The van der Waals surface area contributed by atoms with Crippen LogP contribution in [-0.2, 0) is 11.3 Å². The summed E-state index contributed by atoms with van der Waals surface area (Å²) in [5, 5.41) is 6.52. The van der Waals surface area contributed by atoms with Gasteiger partial charge in [0, 0.05) is 35.9 Å². The lowest BCUT2D eigenvalue weighted by atomic mass is 10.1. The van der Waals surface area contributed by atoms with Gasteiger partial charge in [0.2, 0.25) is 5.91 Å². The predicted octanol–water partition coefficient (Wildman–Crippen LogP) is 4.84. The molecule has 0 bridgehead atoms. The number of imidazole rings is 1. The van der Waals surface area contributed by atoms with E-state index in [2.05, 4.69) is 15.6 Å². The van der Waals surface area contributed by atoms with Gasteiger partial charge in [0.25, 0.3) is 5.91 Å². The molecule has 1 aromatic heterocycles. The van der Waals surface area contributed by atoms with Crippen molar-refractivity contribution in [2.24, 2.45) is 0 Å². The number of aromatic nitrogens is 2. The van der Waals surface area contributed by atoms with Gasteiger partial charge in [-0.25, -0.2) is 4.98 Å². The summed E-state index contributed by atoms with van der Waals surface area (Å²) >= 11 is 1.34. The van der Waals surface area contributed by atoms with E-state index >= 15 is 0 Å². The summed E-state index contributed by atoms with van der Waals surface area (Å²) in [5.41, 5.74) is 4.31. The normalized spacial score (nSPS) is 10.6. The van der Waals surface area contributed by atoms with Gasteiger partial charge < -0.3 is 10.6 Å². The lowest BCUT2D eigenvalue weighted by molar-refractivity contribution is -0.113. The maximum atomic E-state index is 12.6. The largest absolute Gasteiger partial charge is 0.348 e. The first-order valence-corrected chi connectivity index (χ1v) is 11.5. The lowest BCUT2D eigenvalue weighted by Gasteiger charge is -2.10. The van der Waals surface area contributed by atoms with Gasteiger partial charge in [-0.15, -0.1) is 0 Å². The number of benzene rings is 3. The Balaban J connectivity index is 1.39. The molecule has 0 aliphatic carbocycles. The Hall–Kier alpha value is -3.84. The molecule has 1 heterocycles. The minimum Gasteiger partial charge on any atom is -0.348 e. The van der Waals surface area contributed by atoms with Crippen LogP contribution < -0.4 is 10.6 Å². The van der Waals surface area contributed by atoms with Gasteiger partial charge in [0.1, 0.15) is 0 Å². The van der Waals surface area contributed by atoms with E-state index in [1.54, 1.807) is 12.3 Å². The molecule has 166 valence electrons. The molecule has 0 atom stereocenters. The van der Waals surface area contributed by atoms with Crippen LogP contribution in [0.5, 0.6) is 0 Å². The first-order valence-electron chi connectivity index (χ1n) is 10.5. The molecule has 0 fully saturated rings. The number of rotatable bonds is 8. The molecular weight excluding hydrogens is 432 g/mol. The number of hydrogen-bond donors (Lipinski definition) is 2. The first kappa shape index (κ1) is 22.4. The molecule has 2 N–H and O–H groups in total. The van der Waals surface area contributed by atoms with Crippen molar-refractivity contribution in [3.05, 3.63) is 108 Å². The van der Waals surface area contributed by atoms with Gasteiger partial charge >= 0.3 is 0 Å². The van der Waals surface area contributed by atoms with Crippen molar-refractivity contribution in [2.75, 3.05) is 11.1 Å². The molecule has 0 aliphatic rings. The van der Waals surface area contributed by atoms with Crippen molar-refractivity contribution in [1.82, 2.24) is 14.9 Å². The van der Waals surface area contributed by atoms with Gasteiger partial charge in [-0.2, -0.15) is 0 Å². The Bertz CT molecular complexity index is 1240. The third-order valence-corrected chi connectivity index (χ3v) is 5.92. The SMILES string of the molecule is Cc1ccc(NC(=O)CSc2nccn2-c2cccc(C(=O)NCc3ccccc3)c2)cc1. The summed E-state index contributed by atoms with van der Waals surface area (Å²) in [6, 6.07) is 24.8. The van der Waals surface area contributed by atoms with Crippen molar-refractivity contribution in [3.63, 3.8) is 0 Å². The molecule has 6 nitrogen and oxygen atoms in total. The third kappa shape index (κ3) is 6.11. The highest BCUT2D eigenvalue weighted by molar-refractivity contribution is 7.99. The molecule has 0 aliphatic heterocycles. The van der Waals surface area contributed by atoms with Crippen LogP contribution >= 0.6 is 11.8 Å².